The van der Waals surface area contributed by atoms with Crippen LogP contribution >= 0.6 is 0 Å². The molecule has 3 saturated heterocycles. The number of methoxy groups -OCH3 is 1. The molecule has 2 bridgehead atoms. The minimum absolute atomic E-state index is 0.0993. The van der Waals surface area contributed by atoms with Gasteiger partial charge in [-0.2, -0.15) is 9.97 Å². The molecule has 178 valence electrons. The van der Waals surface area contributed by atoms with Crippen molar-refractivity contribution in [2.24, 2.45) is 0 Å². The molecular weight excluding hydrogens is 434 g/mol. The number of ether oxygens (including phenoxy) is 3. The molecule has 0 amide bonds. The maximum atomic E-state index is 9.76. The number of rotatable bonds is 5. The van der Waals surface area contributed by atoms with Crippen LogP contribution in [-0.4, -0.2) is 78.8 Å². The van der Waals surface area contributed by atoms with Gasteiger partial charge in [0.25, 0.3) is 0 Å². The van der Waals surface area contributed by atoms with E-state index in [2.05, 4.69) is 15.9 Å². The molecule has 2 unspecified atom stereocenters. The van der Waals surface area contributed by atoms with Gasteiger partial charge in [-0.05, 0) is 43.2 Å². The molecule has 34 heavy (non-hydrogen) atoms. The minimum Gasteiger partial charge on any atom is -0.496 e. The summed E-state index contributed by atoms with van der Waals surface area (Å²) in [5, 5.41) is 10.7. The topological polar surface area (TPSA) is 93.1 Å². The second kappa shape index (κ2) is 8.98. The van der Waals surface area contributed by atoms with Gasteiger partial charge in [0.2, 0.25) is 5.95 Å². The number of anilines is 2. The van der Waals surface area contributed by atoms with Crippen LogP contribution in [0.1, 0.15) is 18.4 Å². The van der Waals surface area contributed by atoms with Crippen LogP contribution in [0.25, 0.3) is 22.3 Å². The lowest BCUT2D eigenvalue weighted by molar-refractivity contribution is 0.0897. The van der Waals surface area contributed by atoms with Crippen LogP contribution in [0.3, 0.4) is 0 Å². The van der Waals surface area contributed by atoms with Crippen molar-refractivity contribution in [1.82, 2.24) is 15.0 Å². The van der Waals surface area contributed by atoms with Crippen LogP contribution in [-0.2, 0) is 16.1 Å². The molecule has 2 atom stereocenters. The fourth-order valence-electron chi connectivity index (χ4n) is 5.29. The molecule has 2 aromatic heterocycles. The van der Waals surface area contributed by atoms with E-state index in [1.807, 2.05) is 24.3 Å². The average Bonchev–Trinajstić information content (AvgIpc) is 3.15. The number of aliphatic hydroxyl groups excluding tert-OH is 1. The van der Waals surface area contributed by atoms with E-state index in [4.69, 9.17) is 29.2 Å². The second-order valence-corrected chi connectivity index (χ2v) is 9.03. The van der Waals surface area contributed by atoms with E-state index in [1.165, 1.54) is 0 Å². The molecule has 1 N–H and O–H groups in total. The zero-order valence-corrected chi connectivity index (χ0v) is 19.3. The Morgan fingerprint density at radius 3 is 2.53 bits per heavy atom. The van der Waals surface area contributed by atoms with Gasteiger partial charge in [0.1, 0.15) is 11.6 Å². The van der Waals surface area contributed by atoms with E-state index in [9.17, 15) is 5.11 Å². The number of aliphatic hydroxyl groups is 1. The summed E-state index contributed by atoms with van der Waals surface area (Å²) in [7, 11) is 1.60. The zero-order chi connectivity index (χ0) is 23.1. The molecule has 6 rings (SSSR count). The highest BCUT2D eigenvalue weighted by Crippen LogP contribution is 2.36. The second-order valence-electron chi connectivity index (χ2n) is 9.03. The number of nitrogens with zero attached hydrogens (tertiary/aromatic N) is 5. The lowest BCUT2D eigenvalue weighted by Crippen LogP contribution is -2.47. The SMILES string of the molecule is COc1ccc(-c2ccc3c(N4CCOCC4)nc(N4C5CCC4COC5)nc3n2)cc1CO. The number of aromatic nitrogens is 3. The van der Waals surface area contributed by atoms with Gasteiger partial charge >= 0.3 is 0 Å². The molecule has 0 spiro atoms. The highest BCUT2D eigenvalue weighted by Gasteiger charge is 2.39. The molecule has 3 aromatic rings. The third kappa shape index (κ3) is 3.73. The first-order chi connectivity index (χ1) is 16.7. The molecule has 3 fully saturated rings. The summed E-state index contributed by atoms with van der Waals surface area (Å²) in [6.07, 6.45) is 2.20. The van der Waals surface area contributed by atoms with E-state index in [0.29, 0.717) is 49.9 Å². The van der Waals surface area contributed by atoms with Crippen LogP contribution in [0, 0.1) is 0 Å². The van der Waals surface area contributed by atoms with Crippen LogP contribution < -0.4 is 14.5 Å². The lowest BCUT2D eigenvalue weighted by Gasteiger charge is -2.36. The predicted octanol–water partition coefficient (Wildman–Crippen LogP) is 2.40. The number of benzene rings is 1. The molecule has 9 heteroatoms. The van der Waals surface area contributed by atoms with E-state index in [1.54, 1.807) is 7.11 Å². The zero-order valence-electron chi connectivity index (χ0n) is 19.3. The molecule has 5 heterocycles. The van der Waals surface area contributed by atoms with E-state index in [0.717, 1.165) is 59.9 Å². The highest BCUT2D eigenvalue weighted by molar-refractivity contribution is 5.90. The molecule has 9 nitrogen and oxygen atoms in total. The van der Waals surface area contributed by atoms with Crippen molar-refractivity contribution in [3.8, 4) is 17.0 Å². The number of hydrogen-bond acceptors (Lipinski definition) is 9. The summed E-state index contributed by atoms with van der Waals surface area (Å²) in [4.78, 5) is 19.6. The minimum atomic E-state index is -0.0993. The van der Waals surface area contributed by atoms with Gasteiger partial charge in [-0.25, -0.2) is 4.98 Å². The van der Waals surface area contributed by atoms with Gasteiger partial charge in [-0.3, -0.25) is 0 Å². The normalized spacial score (nSPS) is 22.4. The Labute approximate surface area is 198 Å². The molecule has 1 aromatic carbocycles. The number of morpholine rings is 2. The summed E-state index contributed by atoms with van der Waals surface area (Å²) in [6, 6.07) is 10.4. The molecule has 0 saturated carbocycles. The Hall–Kier alpha value is -3.01. The Bertz CT molecular complexity index is 1180. The van der Waals surface area contributed by atoms with Crippen LogP contribution in [0.5, 0.6) is 5.75 Å². The smallest absolute Gasteiger partial charge is 0.230 e. The van der Waals surface area contributed by atoms with Gasteiger partial charge in [-0.1, -0.05) is 0 Å². The Morgan fingerprint density at radius 1 is 1.00 bits per heavy atom. The maximum absolute atomic E-state index is 9.76. The van der Waals surface area contributed by atoms with Gasteiger partial charge in [0, 0.05) is 24.2 Å². The predicted molar refractivity (Wildman–Crippen MR) is 128 cm³/mol. The molecule has 0 radical (unpaired) electrons. The standard InChI is InChI=1S/C25H29N5O4/c1-32-22-7-2-16(12-17(22)13-31)21-6-5-20-23(26-21)27-25(28-24(20)29-8-10-33-11-9-29)30-18-3-4-19(30)15-34-14-18/h2,5-7,12,18-19,31H,3-4,8-11,13-15H2,1H3. The quantitative estimate of drug-likeness (QED) is 0.612. The van der Waals surface area contributed by atoms with Crippen molar-refractivity contribution >= 4 is 22.8 Å². The van der Waals surface area contributed by atoms with Crippen molar-refractivity contribution in [3.63, 3.8) is 0 Å². The number of fused-ring (bicyclic) bond motifs is 3. The molecule has 3 aliphatic heterocycles. The van der Waals surface area contributed by atoms with E-state index < -0.39 is 0 Å². The lowest BCUT2D eigenvalue weighted by atomic mass is 10.1. The Morgan fingerprint density at radius 2 is 1.79 bits per heavy atom. The third-order valence-corrected chi connectivity index (χ3v) is 7.06. The van der Waals surface area contributed by atoms with Crippen molar-refractivity contribution in [2.45, 2.75) is 31.5 Å². The Kier molecular flexibility index (Phi) is 5.68. The largest absolute Gasteiger partial charge is 0.496 e. The van der Waals surface area contributed by atoms with Crippen LogP contribution in [0.4, 0.5) is 11.8 Å². The Balaban J connectivity index is 1.47. The van der Waals surface area contributed by atoms with Gasteiger partial charge in [-0.15, -0.1) is 0 Å². The number of hydrogen-bond donors (Lipinski definition) is 1. The highest BCUT2D eigenvalue weighted by atomic mass is 16.5. The molecule has 3 aliphatic rings. The van der Waals surface area contributed by atoms with Crippen LogP contribution in [0.15, 0.2) is 30.3 Å². The van der Waals surface area contributed by atoms with Crippen molar-refractivity contribution in [1.29, 1.82) is 0 Å². The van der Waals surface area contributed by atoms with Crippen molar-refractivity contribution < 1.29 is 19.3 Å². The first-order valence-corrected chi connectivity index (χ1v) is 11.9. The van der Waals surface area contributed by atoms with E-state index >= 15 is 0 Å². The summed E-state index contributed by atoms with van der Waals surface area (Å²) in [5.41, 5.74) is 3.11. The third-order valence-electron chi connectivity index (χ3n) is 7.06. The summed E-state index contributed by atoms with van der Waals surface area (Å²) in [5.74, 6) is 2.31. The fourth-order valence-corrected chi connectivity index (χ4v) is 5.29. The van der Waals surface area contributed by atoms with Gasteiger partial charge in [0.05, 0.1) is 63.3 Å². The van der Waals surface area contributed by atoms with Gasteiger partial charge < -0.3 is 29.1 Å². The first-order valence-electron chi connectivity index (χ1n) is 11.9. The average molecular weight is 464 g/mol. The maximum Gasteiger partial charge on any atom is 0.230 e. The number of pyridine rings is 1. The van der Waals surface area contributed by atoms with E-state index in [-0.39, 0.29) is 6.61 Å². The molecular formula is C25H29N5O4. The summed E-state index contributed by atoms with van der Waals surface area (Å²) >= 11 is 0. The first kappa shape index (κ1) is 21.5. The summed E-state index contributed by atoms with van der Waals surface area (Å²) < 4.78 is 16.7. The summed E-state index contributed by atoms with van der Waals surface area (Å²) in [6.45, 7) is 4.29. The van der Waals surface area contributed by atoms with Crippen molar-refractivity contribution in [3.05, 3.63) is 35.9 Å². The monoisotopic (exact) mass is 463 g/mol. The van der Waals surface area contributed by atoms with Gasteiger partial charge in [0.15, 0.2) is 5.65 Å². The van der Waals surface area contributed by atoms with Crippen LogP contribution in [0.2, 0.25) is 0 Å². The van der Waals surface area contributed by atoms with Crippen molar-refractivity contribution in [2.75, 3.05) is 56.4 Å². The fraction of sp³-hybridized carbons (Fsp3) is 0.480. The molecule has 0 aliphatic carbocycles.